The number of rotatable bonds is 4. The summed E-state index contributed by atoms with van der Waals surface area (Å²) in [5.74, 6) is 0.00987. The average Bonchev–Trinajstić information content (AvgIpc) is 2.94. The maximum Gasteiger partial charge on any atom is 0.340 e. The quantitative estimate of drug-likeness (QED) is 0.692. The summed E-state index contributed by atoms with van der Waals surface area (Å²) in [6, 6.07) is 7.14. The Labute approximate surface area is 127 Å². The summed E-state index contributed by atoms with van der Waals surface area (Å²) in [4.78, 5) is 20.3. The first-order valence-electron chi connectivity index (χ1n) is 6.77. The van der Waals surface area contributed by atoms with Crippen LogP contribution in [-0.2, 0) is 11.3 Å². The second-order valence-electron chi connectivity index (χ2n) is 4.87. The maximum absolute atomic E-state index is 11.9. The van der Waals surface area contributed by atoms with Crippen LogP contribution in [0.15, 0.2) is 42.9 Å². The van der Waals surface area contributed by atoms with Crippen LogP contribution in [0.3, 0.4) is 0 Å². The molecule has 3 aromatic heterocycles. The molecule has 6 nitrogen and oxygen atoms in total. The molecule has 3 aromatic rings. The first kappa shape index (κ1) is 14.1. The highest BCUT2D eigenvalue weighted by Crippen LogP contribution is 2.11. The Bertz CT molecular complexity index is 809. The second-order valence-corrected chi connectivity index (χ2v) is 4.87. The van der Waals surface area contributed by atoms with E-state index in [1.54, 1.807) is 12.1 Å². The zero-order chi connectivity index (χ0) is 15.5. The predicted molar refractivity (Wildman–Crippen MR) is 79.8 cm³/mol. The van der Waals surface area contributed by atoms with E-state index in [2.05, 4.69) is 9.97 Å². The smallest absolute Gasteiger partial charge is 0.340 e. The lowest BCUT2D eigenvalue weighted by Crippen LogP contribution is -2.06. The van der Waals surface area contributed by atoms with Crippen molar-refractivity contribution in [2.75, 3.05) is 7.11 Å². The van der Waals surface area contributed by atoms with Crippen LogP contribution >= 0.6 is 0 Å². The summed E-state index contributed by atoms with van der Waals surface area (Å²) < 4.78 is 12.1. The zero-order valence-corrected chi connectivity index (χ0v) is 12.3. The van der Waals surface area contributed by atoms with Crippen molar-refractivity contribution in [1.29, 1.82) is 0 Å². The molecular formula is C16H15N3O3. The third kappa shape index (κ3) is 2.90. The summed E-state index contributed by atoms with van der Waals surface area (Å²) in [5.41, 5.74) is 3.03. The van der Waals surface area contributed by atoms with Crippen LogP contribution in [-0.4, -0.2) is 27.4 Å². The van der Waals surface area contributed by atoms with Crippen molar-refractivity contribution in [3.05, 3.63) is 59.7 Å². The lowest BCUT2D eigenvalue weighted by molar-refractivity contribution is 0.0467. The number of hydrogen-bond donors (Lipinski definition) is 0. The zero-order valence-electron chi connectivity index (χ0n) is 12.3. The number of hydrogen-bond acceptors (Lipinski definition) is 5. The first-order chi connectivity index (χ1) is 10.7. The topological polar surface area (TPSA) is 65.7 Å². The fraction of sp³-hybridized carbons (Fsp3) is 0.188. The van der Waals surface area contributed by atoms with Crippen molar-refractivity contribution in [3.8, 4) is 5.88 Å². The minimum absolute atomic E-state index is 0.117. The monoisotopic (exact) mass is 297 g/mol. The van der Waals surface area contributed by atoms with E-state index in [-0.39, 0.29) is 6.61 Å². The Kier molecular flexibility index (Phi) is 3.74. The number of carbonyl (C=O) groups excluding carboxylic acids is 1. The molecule has 0 aliphatic carbocycles. The summed E-state index contributed by atoms with van der Waals surface area (Å²) in [5, 5.41) is 0. The fourth-order valence-corrected chi connectivity index (χ4v) is 2.07. The molecule has 0 amide bonds. The molecule has 0 saturated heterocycles. The van der Waals surface area contributed by atoms with Gasteiger partial charge in [0.15, 0.2) is 0 Å². The molecule has 6 heteroatoms. The minimum atomic E-state index is -0.441. The highest BCUT2D eigenvalue weighted by molar-refractivity contribution is 5.89. The van der Waals surface area contributed by atoms with E-state index in [0.29, 0.717) is 17.1 Å². The van der Waals surface area contributed by atoms with Gasteiger partial charge in [0.25, 0.3) is 0 Å². The first-order valence-corrected chi connectivity index (χ1v) is 6.77. The molecule has 0 N–H and O–H groups in total. The number of imidazole rings is 1. The van der Waals surface area contributed by atoms with Crippen LogP contribution in [0.4, 0.5) is 0 Å². The lowest BCUT2D eigenvalue weighted by Gasteiger charge is -2.03. The molecule has 0 unspecified atom stereocenters. The number of pyridine rings is 2. The van der Waals surface area contributed by atoms with Crippen LogP contribution in [0.2, 0.25) is 0 Å². The number of aromatic nitrogens is 3. The van der Waals surface area contributed by atoms with Gasteiger partial charge in [-0.25, -0.2) is 14.8 Å². The van der Waals surface area contributed by atoms with Crippen molar-refractivity contribution in [3.63, 3.8) is 0 Å². The van der Waals surface area contributed by atoms with Gasteiger partial charge in [0, 0.05) is 24.7 Å². The number of nitrogens with zero attached hydrogens (tertiary/aromatic N) is 3. The standard InChI is InChI=1S/C16H15N3O3/c1-11-3-5-14-18-13(9-19(14)8-11)10-22-16(20)12-4-6-15(21-2)17-7-12/h3-9H,10H2,1-2H3. The van der Waals surface area contributed by atoms with Gasteiger partial charge >= 0.3 is 5.97 Å². The van der Waals surface area contributed by atoms with E-state index in [0.717, 1.165) is 11.2 Å². The number of aryl methyl sites for hydroxylation is 1. The van der Waals surface area contributed by atoms with Gasteiger partial charge < -0.3 is 13.9 Å². The van der Waals surface area contributed by atoms with Gasteiger partial charge in [0.1, 0.15) is 12.3 Å². The number of ether oxygens (including phenoxy) is 2. The molecular weight excluding hydrogens is 282 g/mol. The molecule has 112 valence electrons. The van der Waals surface area contributed by atoms with Gasteiger partial charge in [-0.05, 0) is 24.6 Å². The van der Waals surface area contributed by atoms with E-state index in [9.17, 15) is 4.79 Å². The Morgan fingerprint density at radius 1 is 1.23 bits per heavy atom. The summed E-state index contributed by atoms with van der Waals surface area (Å²) >= 11 is 0. The van der Waals surface area contributed by atoms with E-state index >= 15 is 0 Å². The van der Waals surface area contributed by atoms with Crippen molar-refractivity contribution < 1.29 is 14.3 Å². The molecule has 0 radical (unpaired) electrons. The van der Waals surface area contributed by atoms with Gasteiger partial charge in [-0.1, -0.05) is 6.07 Å². The molecule has 0 bridgehead atoms. The Hall–Kier alpha value is -2.89. The molecule has 3 rings (SSSR count). The van der Waals surface area contributed by atoms with Gasteiger partial charge in [-0.3, -0.25) is 0 Å². The van der Waals surface area contributed by atoms with E-state index in [1.807, 2.05) is 35.9 Å². The average molecular weight is 297 g/mol. The van der Waals surface area contributed by atoms with Crippen LogP contribution in [0.1, 0.15) is 21.6 Å². The second kappa shape index (κ2) is 5.85. The number of carbonyl (C=O) groups is 1. The Balaban J connectivity index is 1.68. The third-order valence-electron chi connectivity index (χ3n) is 3.18. The minimum Gasteiger partial charge on any atom is -0.481 e. The van der Waals surface area contributed by atoms with Crippen molar-refractivity contribution in [1.82, 2.24) is 14.4 Å². The highest BCUT2D eigenvalue weighted by atomic mass is 16.5. The summed E-state index contributed by atoms with van der Waals surface area (Å²) in [6.45, 7) is 2.13. The molecule has 0 saturated carbocycles. The summed E-state index contributed by atoms with van der Waals surface area (Å²) in [7, 11) is 1.52. The summed E-state index contributed by atoms with van der Waals surface area (Å²) in [6.07, 6.45) is 5.25. The Morgan fingerprint density at radius 2 is 2.09 bits per heavy atom. The third-order valence-corrected chi connectivity index (χ3v) is 3.18. The SMILES string of the molecule is COc1ccc(C(=O)OCc2cn3cc(C)ccc3n2)cn1. The molecule has 3 heterocycles. The van der Waals surface area contributed by atoms with Crippen LogP contribution < -0.4 is 4.74 Å². The van der Waals surface area contributed by atoms with E-state index < -0.39 is 5.97 Å². The number of methoxy groups -OCH3 is 1. The van der Waals surface area contributed by atoms with Gasteiger partial charge in [0.2, 0.25) is 5.88 Å². The number of fused-ring (bicyclic) bond motifs is 1. The van der Waals surface area contributed by atoms with Gasteiger partial charge in [-0.2, -0.15) is 0 Å². The van der Waals surface area contributed by atoms with Gasteiger partial charge in [0.05, 0.1) is 18.4 Å². The van der Waals surface area contributed by atoms with Crippen LogP contribution in [0, 0.1) is 6.92 Å². The Morgan fingerprint density at radius 3 is 2.82 bits per heavy atom. The predicted octanol–water partition coefficient (Wildman–Crippen LogP) is 2.40. The number of esters is 1. The largest absolute Gasteiger partial charge is 0.481 e. The van der Waals surface area contributed by atoms with Gasteiger partial charge in [-0.15, -0.1) is 0 Å². The normalized spacial score (nSPS) is 10.6. The molecule has 0 fully saturated rings. The molecule has 0 aliphatic rings. The molecule has 22 heavy (non-hydrogen) atoms. The molecule has 0 atom stereocenters. The fourth-order valence-electron chi connectivity index (χ4n) is 2.07. The molecule has 0 aliphatic heterocycles. The lowest BCUT2D eigenvalue weighted by atomic mass is 10.3. The molecule has 0 spiro atoms. The molecule has 0 aromatic carbocycles. The van der Waals surface area contributed by atoms with Crippen molar-refractivity contribution in [2.24, 2.45) is 0 Å². The van der Waals surface area contributed by atoms with E-state index in [4.69, 9.17) is 9.47 Å². The van der Waals surface area contributed by atoms with Crippen molar-refractivity contribution in [2.45, 2.75) is 13.5 Å². The van der Waals surface area contributed by atoms with E-state index in [1.165, 1.54) is 13.3 Å². The van der Waals surface area contributed by atoms with Crippen LogP contribution in [0.25, 0.3) is 5.65 Å². The van der Waals surface area contributed by atoms with Crippen molar-refractivity contribution >= 4 is 11.6 Å². The highest BCUT2D eigenvalue weighted by Gasteiger charge is 2.10. The van der Waals surface area contributed by atoms with Crippen LogP contribution in [0.5, 0.6) is 5.88 Å². The maximum atomic E-state index is 11.9.